The van der Waals surface area contributed by atoms with E-state index in [0.29, 0.717) is 5.92 Å². The van der Waals surface area contributed by atoms with E-state index < -0.39 is 0 Å². The number of pyridine rings is 1. The first-order chi connectivity index (χ1) is 13.1. The zero-order valence-electron chi connectivity index (χ0n) is 16.4. The minimum Gasteiger partial charge on any atom is -0.298 e. The quantitative estimate of drug-likeness (QED) is 0.586. The molecule has 3 heterocycles. The minimum atomic E-state index is 0.659. The van der Waals surface area contributed by atoms with Crippen molar-refractivity contribution < 1.29 is 0 Å². The highest BCUT2D eigenvalue weighted by atomic mass is 32.1. The molecule has 2 fully saturated rings. The Labute approximate surface area is 165 Å². The zero-order chi connectivity index (χ0) is 18.5. The lowest BCUT2D eigenvalue weighted by molar-refractivity contribution is 0.103. The van der Waals surface area contributed by atoms with Gasteiger partial charge < -0.3 is 0 Å². The Morgan fingerprint density at radius 1 is 1.07 bits per heavy atom. The van der Waals surface area contributed by atoms with Gasteiger partial charge in [0.1, 0.15) is 0 Å². The molecule has 0 radical (unpaired) electrons. The van der Waals surface area contributed by atoms with Gasteiger partial charge in [0.2, 0.25) is 0 Å². The fourth-order valence-corrected chi connectivity index (χ4v) is 5.97. The molecule has 3 aromatic rings. The lowest BCUT2D eigenvalue weighted by Crippen LogP contribution is -2.45. The normalized spacial score (nSPS) is 25.8. The van der Waals surface area contributed by atoms with Crippen molar-refractivity contribution in [1.82, 2.24) is 14.9 Å². The van der Waals surface area contributed by atoms with Gasteiger partial charge in [-0.1, -0.05) is 12.1 Å². The Bertz CT molecular complexity index is 986. The SMILES string of the molecule is Cc1ccc(-c2ccc3nc([C@H]4C[C@@H](N5CCC[C@@H]5C)C4)sc3c2)c(C)n1. The number of fused-ring (bicyclic) bond motifs is 1. The molecule has 1 atom stereocenters. The Morgan fingerprint density at radius 2 is 1.93 bits per heavy atom. The lowest BCUT2D eigenvalue weighted by Gasteiger charge is -2.42. The van der Waals surface area contributed by atoms with Crippen molar-refractivity contribution >= 4 is 21.6 Å². The Morgan fingerprint density at radius 3 is 2.67 bits per heavy atom. The third kappa shape index (κ3) is 3.09. The Balaban J connectivity index is 1.37. The standard InChI is InChI=1S/C23H27N3S/c1-14-6-8-20(16(3)24-14)17-7-9-21-22(13-17)27-23(25-21)18-11-19(12-18)26-10-4-5-15(26)2/h6-9,13,15,18-19H,4-5,10-12H2,1-3H3/t15-,18-,19+/m0/s1. The first-order valence-electron chi connectivity index (χ1n) is 10.2. The summed E-state index contributed by atoms with van der Waals surface area (Å²) >= 11 is 1.89. The van der Waals surface area contributed by atoms with E-state index in [1.807, 2.05) is 18.3 Å². The lowest BCUT2D eigenvalue weighted by atomic mass is 9.79. The molecule has 1 aliphatic heterocycles. The molecule has 0 unspecified atom stereocenters. The van der Waals surface area contributed by atoms with Crippen LogP contribution in [0.3, 0.4) is 0 Å². The van der Waals surface area contributed by atoms with Crippen molar-refractivity contribution in [2.45, 2.75) is 64.5 Å². The van der Waals surface area contributed by atoms with Crippen LogP contribution >= 0.6 is 11.3 Å². The molecule has 1 saturated heterocycles. The van der Waals surface area contributed by atoms with Gasteiger partial charge in [0, 0.05) is 35.0 Å². The van der Waals surface area contributed by atoms with E-state index in [2.05, 4.69) is 54.1 Å². The Kier molecular flexibility index (Phi) is 4.29. The first kappa shape index (κ1) is 17.3. The highest BCUT2D eigenvalue weighted by Gasteiger charge is 2.39. The van der Waals surface area contributed by atoms with Crippen molar-refractivity contribution in [1.29, 1.82) is 0 Å². The van der Waals surface area contributed by atoms with Gasteiger partial charge in [-0.25, -0.2) is 4.98 Å². The summed E-state index contributed by atoms with van der Waals surface area (Å²) in [4.78, 5) is 12.3. The molecule has 1 aromatic carbocycles. The second kappa shape index (κ2) is 6.68. The number of thiazole rings is 1. The van der Waals surface area contributed by atoms with Crippen LogP contribution in [-0.4, -0.2) is 33.5 Å². The van der Waals surface area contributed by atoms with Crippen LogP contribution < -0.4 is 0 Å². The molecule has 1 aliphatic carbocycles. The summed E-state index contributed by atoms with van der Waals surface area (Å²) in [5, 5.41) is 1.34. The summed E-state index contributed by atoms with van der Waals surface area (Å²) < 4.78 is 1.31. The van der Waals surface area contributed by atoms with Crippen LogP contribution in [0.1, 0.15) is 54.9 Å². The average molecular weight is 378 g/mol. The second-order valence-electron chi connectivity index (χ2n) is 8.37. The summed E-state index contributed by atoms with van der Waals surface area (Å²) in [6.45, 7) is 7.83. The minimum absolute atomic E-state index is 0.659. The van der Waals surface area contributed by atoms with Crippen LogP contribution in [0.2, 0.25) is 0 Å². The molecule has 0 bridgehead atoms. The topological polar surface area (TPSA) is 29.0 Å². The molecule has 1 saturated carbocycles. The number of benzene rings is 1. The number of rotatable bonds is 3. The third-order valence-electron chi connectivity index (χ3n) is 6.48. The van der Waals surface area contributed by atoms with Gasteiger partial charge in [0.25, 0.3) is 0 Å². The van der Waals surface area contributed by atoms with Crippen molar-refractivity contribution in [2.24, 2.45) is 0 Å². The molecule has 2 aliphatic rings. The molecule has 2 aromatic heterocycles. The molecule has 140 valence electrons. The maximum atomic E-state index is 4.97. The maximum Gasteiger partial charge on any atom is 0.0970 e. The smallest absolute Gasteiger partial charge is 0.0970 e. The van der Waals surface area contributed by atoms with Gasteiger partial charge in [-0.3, -0.25) is 9.88 Å². The molecule has 0 N–H and O–H groups in total. The van der Waals surface area contributed by atoms with Crippen molar-refractivity contribution in [3.05, 3.63) is 46.7 Å². The van der Waals surface area contributed by atoms with E-state index in [-0.39, 0.29) is 0 Å². The summed E-state index contributed by atoms with van der Waals surface area (Å²) in [5.41, 5.74) is 5.80. The van der Waals surface area contributed by atoms with E-state index in [0.717, 1.165) is 29.0 Å². The average Bonchev–Trinajstić information content (AvgIpc) is 3.19. The van der Waals surface area contributed by atoms with Gasteiger partial charge in [0.05, 0.1) is 15.2 Å². The van der Waals surface area contributed by atoms with Gasteiger partial charge in [0.15, 0.2) is 0 Å². The molecular formula is C23H27N3S. The highest BCUT2D eigenvalue weighted by molar-refractivity contribution is 7.18. The number of aryl methyl sites for hydroxylation is 2. The van der Waals surface area contributed by atoms with E-state index in [1.54, 1.807) is 0 Å². The van der Waals surface area contributed by atoms with Crippen molar-refractivity contribution in [2.75, 3.05) is 6.54 Å². The summed E-state index contributed by atoms with van der Waals surface area (Å²) in [5.74, 6) is 0.659. The van der Waals surface area contributed by atoms with Crippen LogP contribution in [0.5, 0.6) is 0 Å². The monoisotopic (exact) mass is 377 g/mol. The fraction of sp³-hybridized carbons (Fsp3) is 0.478. The first-order valence-corrected chi connectivity index (χ1v) is 11.0. The van der Waals surface area contributed by atoms with Crippen LogP contribution in [0.4, 0.5) is 0 Å². The number of aromatic nitrogens is 2. The maximum absolute atomic E-state index is 4.97. The highest BCUT2D eigenvalue weighted by Crippen LogP contribution is 2.44. The summed E-state index contributed by atoms with van der Waals surface area (Å²) in [6.07, 6.45) is 5.33. The number of nitrogens with zero attached hydrogens (tertiary/aromatic N) is 3. The van der Waals surface area contributed by atoms with Crippen LogP contribution in [0.15, 0.2) is 30.3 Å². The van der Waals surface area contributed by atoms with E-state index in [9.17, 15) is 0 Å². The molecule has 0 amide bonds. The zero-order valence-corrected chi connectivity index (χ0v) is 17.2. The molecule has 3 nitrogen and oxygen atoms in total. The largest absolute Gasteiger partial charge is 0.298 e. The molecular weight excluding hydrogens is 350 g/mol. The van der Waals surface area contributed by atoms with E-state index in [4.69, 9.17) is 4.98 Å². The van der Waals surface area contributed by atoms with Crippen molar-refractivity contribution in [3.63, 3.8) is 0 Å². The summed E-state index contributed by atoms with van der Waals surface area (Å²) in [7, 11) is 0. The van der Waals surface area contributed by atoms with Crippen LogP contribution in [0, 0.1) is 13.8 Å². The van der Waals surface area contributed by atoms with Crippen molar-refractivity contribution in [3.8, 4) is 11.1 Å². The van der Waals surface area contributed by atoms with Crippen LogP contribution in [-0.2, 0) is 0 Å². The van der Waals surface area contributed by atoms with Gasteiger partial charge in [-0.2, -0.15) is 0 Å². The third-order valence-corrected chi connectivity index (χ3v) is 7.66. The van der Waals surface area contributed by atoms with E-state index >= 15 is 0 Å². The summed E-state index contributed by atoms with van der Waals surface area (Å²) in [6, 6.07) is 12.5. The second-order valence-corrected chi connectivity index (χ2v) is 9.43. The molecule has 27 heavy (non-hydrogen) atoms. The van der Waals surface area contributed by atoms with E-state index in [1.165, 1.54) is 53.1 Å². The Hall–Kier alpha value is -1.78. The van der Waals surface area contributed by atoms with Gasteiger partial charge in [-0.15, -0.1) is 11.3 Å². The fourth-order valence-electron chi connectivity index (χ4n) is 4.83. The molecule has 4 heteroatoms. The molecule has 0 spiro atoms. The van der Waals surface area contributed by atoms with Crippen LogP contribution in [0.25, 0.3) is 21.3 Å². The predicted octanol–water partition coefficient (Wildman–Crippen LogP) is 5.71. The number of likely N-dealkylation sites (tertiary alicyclic amines) is 1. The molecule has 5 rings (SSSR count). The van der Waals surface area contributed by atoms with Gasteiger partial charge >= 0.3 is 0 Å². The predicted molar refractivity (Wildman–Crippen MR) is 113 cm³/mol. The van der Waals surface area contributed by atoms with Gasteiger partial charge in [-0.05, 0) is 76.8 Å². The number of hydrogen-bond acceptors (Lipinski definition) is 4. The number of hydrogen-bond donors (Lipinski definition) is 0.